The second-order valence-corrected chi connectivity index (χ2v) is 5.32. The molecule has 0 saturated carbocycles. The summed E-state index contributed by atoms with van der Waals surface area (Å²) < 4.78 is 10.4. The van der Waals surface area contributed by atoms with Crippen LogP contribution < -0.4 is 20.1 Å². The average Bonchev–Trinajstić information content (AvgIpc) is 2.53. The summed E-state index contributed by atoms with van der Waals surface area (Å²) in [6.45, 7) is -0.149. The minimum atomic E-state index is -0.361. The van der Waals surface area contributed by atoms with Crippen LogP contribution in [0.5, 0.6) is 11.5 Å². The van der Waals surface area contributed by atoms with Gasteiger partial charge in [0.15, 0.2) is 11.7 Å². The highest BCUT2D eigenvalue weighted by Gasteiger charge is 2.06. The summed E-state index contributed by atoms with van der Waals surface area (Å²) in [6.07, 6.45) is 0. The van der Waals surface area contributed by atoms with Crippen molar-refractivity contribution < 1.29 is 14.3 Å². The maximum absolute atomic E-state index is 11.8. The Morgan fingerprint density at radius 1 is 1.17 bits per heavy atom. The predicted molar refractivity (Wildman–Crippen MR) is 94.3 cm³/mol. The minimum absolute atomic E-state index is 0.149. The van der Waals surface area contributed by atoms with Crippen LogP contribution in [0.25, 0.3) is 0 Å². The highest BCUT2D eigenvalue weighted by Crippen LogP contribution is 2.17. The lowest BCUT2D eigenvalue weighted by Crippen LogP contribution is -2.37. The summed E-state index contributed by atoms with van der Waals surface area (Å²) in [5, 5.41) is 6.15. The molecular formula is C16H15ClN2O3S. The highest BCUT2D eigenvalue weighted by molar-refractivity contribution is 7.80. The Morgan fingerprint density at radius 2 is 1.87 bits per heavy atom. The van der Waals surface area contributed by atoms with E-state index in [1.165, 1.54) is 0 Å². The molecule has 0 unspecified atom stereocenters. The number of amides is 1. The summed E-state index contributed by atoms with van der Waals surface area (Å²) in [6, 6.07) is 13.9. The monoisotopic (exact) mass is 350 g/mol. The first-order valence-corrected chi connectivity index (χ1v) is 7.48. The molecule has 2 aromatic carbocycles. The zero-order valence-corrected chi connectivity index (χ0v) is 13.9. The van der Waals surface area contributed by atoms with E-state index >= 15 is 0 Å². The van der Waals surface area contributed by atoms with Crippen molar-refractivity contribution in [2.45, 2.75) is 0 Å². The number of hydrogen-bond donors (Lipinski definition) is 2. The first-order chi connectivity index (χ1) is 11.1. The van der Waals surface area contributed by atoms with Gasteiger partial charge < -0.3 is 14.8 Å². The topological polar surface area (TPSA) is 59.6 Å². The Bertz CT molecular complexity index is 692. The molecule has 0 spiro atoms. The van der Waals surface area contributed by atoms with Gasteiger partial charge in [-0.15, -0.1) is 0 Å². The second-order valence-electron chi connectivity index (χ2n) is 4.48. The van der Waals surface area contributed by atoms with E-state index < -0.39 is 0 Å². The third-order valence-corrected chi connectivity index (χ3v) is 3.20. The Morgan fingerprint density at radius 3 is 2.52 bits per heavy atom. The number of hydrogen-bond acceptors (Lipinski definition) is 4. The Balaban J connectivity index is 1.78. The largest absolute Gasteiger partial charge is 0.497 e. The van der Waals surface area contributed by atoms with Crippen LogP contribution in [-0.4, -0.2) is 24.7 Å². The minimum Gasteiger partial charge on any atom is -0.497 e. The predicted octanol–water partition coefficient (Wildman–Crippen LogP) is 3.24. The van der Waals surface area contributed by atoms with Crippen LogP contribution >= 0.6 is 23.8 Å². The fourth-order valence-electron chi connectivity index (χ4n) is 1.71. The summed E-state index contributed by atoms with van der Waals surface area (Å²) in [5.74, 6) is 0.920. The summed E-state index contributed by atoms with van der Waals surface area (Å²) in [5.41, 5.74) is 0.693. The van der Waals surface area contributed by atoms with Crippen molar-refractivity contribution in [2.75, 3.05) is 19.0 Å². The summed E-state index contributed by atoms with van der Waals surface area (Å²) in [7, 11) is 1.58. The van der Waals surface area contributed by atoms with Crippen molar-refractivity contribution >= 4 is 40.5 Å². The maximum atomic E-state index is 11.8. The molecule has 2 rings (SSSR count). The van der Waals surface area contributed by atoms with E-state index in [1.807, 2.05) is 0 Å². The first-order valence-electron chi connectivity index (χ1n) is 6.70. The molecule has 0 radical (unpaired) electrons. The van der Waals surface area contributed by atoms with E-state index in [4.69, 9.17) is 33.3 Å². The number of ether oxygens (including phenoxy) is 2. The van der Waals surface area contributed by atoms with Crippen molar-refractivity contribution in [3.8, 4) is 11.5 Å². The number of rotatable bonds is 5. The van der Waals surface area contributed by atoms with E-state index in [9.17, 15) is 4.79 Å². The molecule has 0 atom stereocenters. The molecule has 5 nitrogen and oxygen atoms in total. The molecule has 0 saturated heterocycles. The number of benzene rings is 2. The molecule has 0 aromatic heterocycles. The third-order valence-electron chi connectivity index (χ3n) is 2.76. The second kappa shape index (κ2) is 8.36. The molecule has 0 fully saturated rings. The lowest BCUT2D eigenvalue weighted by atomic mass is 10.3. The molecule has 0 bridgehead atoms. The molecule has 0 aliphatic heterocycles. The molecule has 0 aliphatic rings. The molecule has 2 aromatic rings. The smallest absolute Gasteiger partial charge is 0.264 e. The quantitative estimate of drug-likeness (QED) is 0.811. The van der Waals surface area contributed by atoms with Crippen LogP contribution in [0.1, 0.15) is 0 Å². The highest BCUT2D eigenvalue weighted by atomic mass is 35.5. The summed E-state index contributed by atoms with van der Waals surface area (Å²) >= 11 is 10.9. The number of thiocarbonyl (C=S) groups is 1. The number of methoxy groups -OCH3 is 1. The fourth-order valence-corrected chi connectivity index (χ4v) is 2.13. The number of carbonyl (C=O) groups is 1. The van der Waals surface area contributed by atoms with E-state index in [1.54, 1.807) is 55.6 Å². The zero-order chi connectivity index (χ0) is 16.7. The molecule has 1 amide bonds. The van der Waals surface area contributed by atoms with Crippen LogP contribution in [0.15, 0.2) is 48.5 Å². The molecule has 0 aliphatic carbocycles. The Kier molecular flexibility index (Phi) is 6.19. The molecule has 2 N–H and O–H groups in total. The molecular weight excluding hydrogens is 336 g/mol. The number of halogens is 1. The third kappa shape index (κ3) is 5.77. The van der Waals surface area contributed by atoms with Gasteiger partial charge in [0.1, 0.15) is 11.5 Å². The van der Waals surface area contributed by atoms with Crippen LogP contribution in [0.4, 0.5) is 5.69 Å². The van der Waals surface area contributed by atoms with Crippen molar-refractivity contribution in [1.82, 2.24) is 5.32 Å². The molecule has 7 heteroatoms. The average molecular weight is 351 g/mol. The Hall–Kier alpha value is -2.31. The Labute approximate surface area is 144 Å². The van der Waals surface area contributed by atoms with Gasteiger partial charge in [0.25, 0.3) is 5.91 Å². The van der Waals surface area contributed by atoms with E-state index in [0.717, 1.165) is 0 Å². The lowest BCUT2D eigenvalue weighted by molar-refractivity contribution is -0.121. The van der Waals surface area contributed by atoms with E-state index in [2.05, 4.69) is 10.6 Å². The van der Waals surface area contributed by atoms with Crippen molar-refractivity contribution in [3.05, 3.63) is 53.6 Å². The van der Waals surface area contributed by atoms with Gasteiger partial charge in [-0.05, 0) is 54.7 Å². The SMILES string of the molecule is COc1ccc(OCC(=O)NC(=S)Nc2cccc(Cl)c2)cc1. The number of anilines is 1. The van der Waals surface area contributed by atoms with Gasteiger partial charge in [0.05, 0.1) is 7.11 Å². The summed E-state index contributed by atoms with van der Waals surface area (Å²) in [4.78, 5) is 11.8. The maximum Gasteiger partial charge on any atom is 0.264 e. The van der Waals surface area contributed by atoms with Crippen molar-refractivity contribution in [1.29, 1.82) is 0 Å². The van der Waals surface area contributed by atoms with Gasteiger partial charge in [-0.1, -0.05) is 17.7 Å². The van der Waals surface area contributed by atoms with Gasteiger partial charge in [0, 0.05) is 10.7 Å². The first kappa shape index (κ1) is 17.1. The number of carbonyl (C=O) groups excluding carboxylic acids is 1. The van der Waals surface area contributed by atoms with Gasteiger partial charge in [-0.3, -0.25) is 10.1 Å². The lowest BCUT2D eigenvalue weighted by Gasteiger charge is -2.10. The number of nitrogens with one attached hydrogen (secondary N) is 2. The van der Waals surface area contributed by atoms with Crippen LogP contribution in [-0.2, 0) is 4.79 Å². The van der Waals surface area contributed by atoms with Gasteiger partial charge in [-0.25, -0.2) is 0 Å². The molecule has 0 heterocycles. The van der Waals surface area contributed by atoms with E-state index in [-0.39, 0.29) is 17.6 Å². The van der Waals surface area contributed by atoms with Gasteiger partial charge in [0.2, 0.25) is 0 Å². The van der Waals surface area contributed by atoms with Crippen molar-refractivity contribution in [2.24, 2.45) is 0 Å². The molecule has 120 valence electrons. The normalized spacial score (nSPS) is 9.83. The van der Waals surface area contributed by atoms with Crippen LogP contribution in [0.2, 0.25) is 5.02 Å². The van der Waals surface area contributed by atoms with Crippen LogP contribution in [0.3, 0.4) is 0 Å². The standard InChI is InChI=1S/C16H15ClN2O3S/c1-21-13-5-7-14(8-6-13)22-10-15(20)19-16(23)18-12-4-2-3-11(17)9-12/h2-9H,10H2,1H3,(H2,18,19,20,23). The van der Waals surface area contributed by atoms with Crippen LogP contribution in [0, 0.1) is 0 Å². The molecule has 23 heavy (non-hydrogen) atoms. The zero-order valence-electron chi connectivity index (χ0n) is 12.3. The fraction of sp³-hybridized carbons (Fsp3) is 0.125. The van der Waals surface area contributed by atoms with Crippen molar-refractivity contribution in [3.63, 3.8) is 0 Å². The van der Waals surface area contributed by atoms with Gasteiger partial charge in [-0.2, -0.15) is 0 Å². The van der Waals surface area contributed by atoms with Gasteiger partial charge >= 0.3 is 0 Å². The van der Waals surface area contributed by atoms with E-state index in [0.29, 0.717) is 22.2 Å².